The molecule has 4 heteroatoms. The van der Waals surface area contributed by atoms with E-state index in [-0.39, 0.29) is 11.9 Å². The van der Waals surface area contributed by atoms with Crippen LogP contribution in [0.15, 0.2) is 0 Å². The quantitative estimate of drug-likeness (QED) is 0.606. The smallest absolute Gasteiger partial charge is 0.222 e. The molecule has 70 valence electrons. The molecule has 0 radical (unpaired) electrons. The van der Waals surface area contributed by atoms with Crippen molar-refractivity contribution in [3.05, 3.63) is 0 Å². The Bertz CT molecular complexity index is 163. The molecule has 3 nitrogen and oxygen atoms in total. The largest absolute Gasteiger partial charge is 0.377 e. The molecule has 0 aliphatic carbocycles. The zero-order valence-electron chi connectivity index (χ0n) is 7.25. The number of alkyl halides is 1. The van der Waals surface area contributed by atoms with Gasteiger partial charge in [-0.3, -0.25) is 4.79 Å². The van der Waals surface area contributed by atoms with Crippen molar-refractivity contribution < 1.29 is 9.53 Å². The number of carbonyl (C=O) groups excluding carboxylic acids is 1. The standard InChI is InChI=1S/C8H14ClNO2/c1-2-8(11)10-3-4-12-6-7(10)5-9/h7H,2-6H2,1H3. The molecule has 0 saturated carbocycles. The number of morpholine rings is 1. The van der Waals surface area contributed by atoms with Gasteiger partial charge in [-0.15, -0.1) is 11.6 Å². The third kappa shape index (κ3) is 2.11. The van der Waals surface area contributed by atoms with Crippen LogP contribution in [0.3, 0.4) is 0 Å². The summed E-state index contributed by atoms with van der Waals surface area (Å²) in [5.74, 6) is 0.634. The summed E-state index contributed by atoms with van der Waals surface area (Å²) in [5, 5.41) is 0. The van der Waals surface area contributed by atoms with E-state index >= 15 is 0 Å². The van der Waals surface area contributed by atoms with Gasteiger partial charge in [-0.1, -0.05) is 6.92 Å². The monoisotopic (exact) mass is 191 g/mol. The van der Waals surface area contributed by atoms with Crippen molar-refractivity contribution in [2.45, 2.75) is 19.4 Å². The Morgan fingerprint density at radius 2 is 2.50 bits per heavy atom. The van der Waals surface area contributed by atoms with Crippen LogP contribution in [0.5, 0.6) is 0 Å². The first-order valence-corrected chi connectivity index (χ1v) is 4.76. The molecule has 0 aromatic rings. The molecular weight excluding hydrogens is 178 g/mol. The molecule has 0 bridgehead atoms. The highest BCUT2D eigenvalue weighted by Crippen LogP contribution is 2.09. The van der Waals surface area contributed by atoms with Crippen LogP contribution >= 0.6 is 11.6 Å². The average molecular weight is 192 g/mol. The summed E-state index contributed by atoms with van der Waals surface area (Å²) in [4.78, 5) is 13.2. The normalized spacial score (nSPS) is 24.2. The van der Waals surface area contributed by atoms with Gasteiger partial charge >= 0.3 is 0 Å². The molecule has 1 atom stereocenters. The number of halogens is 1. The van der Waals surface area contributed by atoms with Crippen molar-refractivity contribution in [2.75, 3.05) is 25.6 Å². The molecule has 1 fully saturated rings. The van der Waals surface area contributed by atoms with Gasteiger partial charge in [-0.2, -0.15) is 0 Å². The highest BCUT2D eigenvalue weighted by atomic mass is 35.5. The molecule has 1 aliphatic heterocycles. The third-order valence-electron chi connectivity index (χ3n) is 2.03. The van der Waals surface area contributed by atoms with Gasteiger partial charge in [0.25, 0.3) is 0 Å². The Morgan fingerprint density at radius 1 is 1.75 bits per heavy atom. The van der Waals surface area contributed by atoms with Gasteiger partial charge in [0.15, 0.2) is 0 Å². The van der Waals surface area contributed by atoms with E-state index in [0.717, 1.165) is 0 Å². The molecule has 0 N–H and O–H groups in total. The average Bonchev–Trinajstić information content (AvgIpc) is 2.16. The van der Waals surface area contributed by atoms with Gasteiger partial charge < -0.3 is 9.64 Å². The minimum atomic E-state index is 0.0767. The van der Waals surface area contributed by atoms with E-state index in [1.807, 2.05) is 11.8 Å². The Morgan fingerprint density at radius 3 is 3.08 bits per heavy atom. The molecule has 1 amide bonds. The minimum absolute atomic E-state index is 0.0767. The summed E-state index contributed by atoms with van der Waals surface area (Å²) in [5.41, 5.74) is 0. The van der Waals surface area contributed by atoms with E-state index < -0.39 is 0 Å². The van der Waals surface area contributed by atoms with Gasteiger partial charge in [0.2, 0.25) is 5.91 Å². The van der Waals surface area contributed by atoms with Gasteiger partial charge in [-0.05, 0) is 0 Å². The molecular formula is C8H14ClNO2. The van der Waals surface area contributed by atoms with E-state index in [4.69, 9.17) is 16.3 Å². The lowest BCUT2D eigenvalue weighted by molar-refractivity contribution is -0.138. The van der Waals surface area contributed by atoms with Crippen molar-refractivity contribution in [2.24, 2.45) is 0 Å². The van der Waals surface area contributed by atoms with Crippen molar-refractivity contribution in [1.82, 2.24) is 4.90 Å². The summed E-state index contributed by atoms with van der Waals surface area (Å²) in [7, 11) is 0. The van der Waals surface area contributed by atoms with E-state index in [0.29, 0.717) is 32.1 Å². The molecule has 1 unspecified atom stereocenters. The lowest BCUT2D eigenvalue weighted by atomic mass is 10.2. The lowest BCUT2D eigenvalue weighted by Crippen LogP contribution is -2.49. The molecule has 1 aliphatic rings. The van der Waals surface area contributed by atoms with Gasteiger partial charge in [0.05, 0.1) is 19.3 Å². The maximum absolute atomic E-state index is 11.3. The second-order valence-corrected chi connectivity index (χ2v) is 3.13. The van der Waals surface area contributed by atoms with E-state index in [9.17, 15) is 4.79 Å². The van der Waals surface area contributed by atoms with Crippen LogP contribution in [0.4, 0.5) is 0 Å². The number of rotatable bonds is 2. The highest BCUT2D eigenvalue weighted by molar-refractivity contribution is 6.18. The van der Waals surface area contributed by atoms with E-state index in [1.54, 1.807) is 0 Å². The zero-order valence-corrected chi connectivity index (χ0v) is 8.01. The van der Waals surface area contributed by atoms with Crippen molar-refractivity contribution in [3.63, 3.8) is 0 Å². The van der Waals surface area contributed by atoms with Crippen LogP contribution in [-0.4, -0.2) is 42.5 Å². The fourth-order valence-corrected chi connectivity index (χ4v) is 1.57. The first-order chi connectivity index (χ1) is 5.79. The zero-order chi connectivity index (χ0) is 8.97. The Balaban J connectivity index is 2.52. The predicted octanol–water partition coefficient (Wildman–Crippen LogP) is 0.863. The van der Waals surface area contributed by atoms with Gasteiger partial charge in [0.1, 0.15) is 0 Å². The maximum atomic E-state index is 11.3. The predicted molar refractivity (Wildman–Crippen MR) is 47.3 cm³/mol. The van der Waals surface area contributed by atoms with Crippen LogP contribution in [-0.2, 0) is 9.53 Å². The fraction of sp³-hybridized carbons (Fsp3) is 0.875. The molecule has 0 aromatic heterocycles. The third-order valence-corrected chi connectivity index (χ3v) is 2.38. The Kier molecular flexibility index (Phi) is 3.82. The van der Waals surface area contributed by atoms with Gasteiger partial charge in [-0.25, -0.2) is 0 Å². The van der Waals surface area contributed by atoms with Crippen LogP contribution in [0.25, 0.3) is 0 Å². The van der Waals surface area contributed by atoms with Crippen LogP contribution < -0.4 is 0 Å². The summed E-state index contributed by atoms with van der Waals surface area (Å²) >= 11 is 5.70. The number of ether oxygens (including phenoxy) is 1. The van der Waals surface area contributed by atoms with Crippen LogP contribution in [0.2, 0.25) is 0 Å². The Labute approximate surface area is 77.6 Å². The van der Waals surface area contributed by atoms with E-state index in [2.05, 4.69) is 0 Å². The second-order valence-electron chi connectivity index (χ2n) is 2.82. The number of hydrogen-bond acceptors (Lipinski definition) is 2. The topological polar surface area (TPSA) is 29.5 Å². The molecule has 1 saturated heterocycles. The summed E-state index contributed by atoms with van der Waals surface area (Å²) in [6.07, 6.45) is 0.549. The molecule has 0 spiro atoms. The van der Waals surface area contributed by atoms with Crippen LogP contribution in [0.1, 0.15) is 13.3 Å². The van der Waals surface area contributed by atoms with Crippen molar-refractivity contribution in [1.29, 1.82) is 0 Å². The number of hydrogen-bond donors (Lipinski definition) is 0. The summed E-state index contributed by atoms with van der Waals surface area (Å²) in [6, 6.07) is 0.0767. The van der Waals surface area contributed by atoms with E-state index in [1.165, 1.54) is 0 Å². The highest BCUT2D eigenvalue weighted by Gasteiger charge is 2.24. The summed E-state index contributed by atoms with van der Waals surface area (Å²) < 4.78 is 5.22. The maximum Gasteiger partial charge on any atom is 0.222 e. The van der Waals surface area contributed by atoms with Crippen molar-refractivity contribution >= 4 is 17.5 Å². The molecule has 1 heterocycles. The molecule has 0 aromatic carbocycles. The number of nitrogens with zero attached hydrogens (tertiary/aromatic N) is 1. The molecule has 1 rings (SSSR count). The summed E-state index contributed by atoms with van der Waals surface area (Å²) in [6.45, 7) is 3.77. The number of amides is 1. The fourth-order valence-electron chi connectivity index (χ4n) is 1.31. The lowest BCUT2D eigenvalue weighted by Gasteiger charge is -2.34. The first-order valence-electron chi connectivity index (χ1n) is 4.22. The number of carbonyl (C=O) groups is 1. The van der Waals surface area contributed by atoms with Crippen LogP contribution in [0, 0.1) is 0 Å². The van der Waals surface area contributed by atoms with Gasteiger partial charge in [0, 0.05) is 18.8 Å². The second kappa shape index (κ2) is 4.67. The Hall–Kier alpha value is -0.280. The first kappa shape index (κ1) is 9.81. The SMILES string of the molecule is CCC(=O)N1CCOCC1CCl. The minimum Gasteiger partial charge on any atom is -0.377 e. The molecule has 12 heavy (non-hydrogen) atoms. The van der Waals surface area contributed by atoms with Crippen molar-refractivity contribution in [3.8, 4) is 0 Å².